The predicted molar refractivity (Wildman–Crippen MR) is 111 cm³/mol. The zero-order chi connectivity index (χ0) is 20.1. The van der Waals surface area contributed by atoms with Crippen molar-refractivity contribution in [1.29, 1.82) is 0 Å². The highest BCUT2D eigenvalue weighted by Gasteiger charge is 2.23. The van der Waals surface area contributed by atoms with Gasteiger partial charge in [0.2, 0.25) is 0 Å². The molecule has 1 aromatic heterocycles. The number of anilines is 3. The van der Waals surface area contributed by atoms with Crippen LogP contribution in [-0.4, -0.2) is 53.7 Å². The third-order valence-corrected chi connectivity index (χ3v) is 4.78. The Morgan fingerprint density at radius 1 is 1.14 bits per heavy atom. The van der Waals surface area contributed by atoms with Gasteiger partial charge in [0.05, 0.1) is 6.61 Å². The van der Waals surface area contributed by atoms with Crippen LogP contribution in [0.4, 0.5) is 22.1 Å². The highest BCUT2D eigenvalue weighted by atomic mass is 16.6. The SMILES string of the molecule is CCOC(=O)N1CCN(c2cc(Nc3ccccc3C(C)(C)C)ncn2)CC1. The van der Waals surface area contributed by atoms with Crippen molar-refractivity contribution in [3.05, 3.63) is 42.2 Å². The second-order valence-electron chi connectivity index (χ2n) is 7.86. The molecule has 150 valence electrons. The number of benzene rings is 1. The van der Waals surface area contributed by atoms with Crippen LogP contribution in [0.3, 0.4) is 0 Å². The van der Waals surface area contributed by atoms with Crippen LogP contribution in [-0.2, 0) is 10.2 Å². The maximum absolute atomic E-state index is 11.9. The van der Waals surface area contributed by atoms with Crippen molar-refractivity contribution < 1.29 is 9.53 Å². The van der Waals surface area contributed by atoms with E-state index >= 15 is 0 Å². The van der Waals surface area contributed by atoms with Crippen LogP contribution in [0.1, 0.15) is 33.3 Å². The van der Waals surface area contributed by atoms with Crippen LogP contribution in [0.15, 0.2) is 36.7 Å². The Kier molecular flexibility index (Phi) is 6.02. The largest absolute Gasteiger partial charge is 0.450 e. The first kappa shape index (κ1) is 19.9. The maximum atomic E-state index is 11.9. The number of rotatable bonds is 4. The molecule has 0 unspecified atom stereocenters. The summed E-state index contributed by atoms with van der Waals surface area (Å²) in [4.78, 5) is 24.6. The molecule has 0 aliphatic carbocycles. The fraction of sp³-hybridized carbons (Fsp3) is 0.476. The zero-order valence-corrected chi connectivity index (χ0v) is 17.1. The number of amides is 1. The molecule has 0 saturated carbocycles. The van der Waals surface area contributed by atoms with Gasteiger partial charge < -0.3 is 19.9 Å². The van der Waals surface area contributed by atoms with Crippen molar-refractivity contribution >= 4 is 23.4 Å². The molecule has 7 nitrogen and oxygen atoms in total. The molecular weight excluding hydrogens is 354 g/mol. The van der Waals surface area contributed by atoms with Gasteiger partial charge in [0.25, 0.3) is 0 Å². The van der Waals surface area contributed by atoms with Crippen LogP contribution in [0.5, 0.6) is 0 Å². The van der Waals surface area contributed by atoms with Gasteiger partial charge in [-0.05, 0) is 24.0 Å². The summed E-state index contributed by atoms with van der Waals surface area (Å²) in [5.41, 5.74) is 2.31. The van der Waals surface area contributed by atoms with Crippen molar-refractivity contribution in [2.75, 3.05) is 43.0 Å². The maximum Gasteiger partial charge on any atom is 0.409 e. The molecule has 1 aliphatic heterocycles. The van der Waals surface area contributed by atoms with Gasteiger partial charge in [-0.15, -0.1) is 0 Å². The van der Waals surface area contributed by atoms with E-state index in [1.54, 1.807) is 11.2 Å². The van der Waals surface area contributed by atoms with Crippen LogP contribution in [0, 0.1) is 0 Å². The van der Waals surface area contributed by atoms with E-state index in [4.69, 9.17) is 4.74 Å². The topological polar surface area (TPSA) is 70.6 Å². The summed E-state index contributed by atoms with van der Waals surface area (Å²) in [6.07, 6.45) is 1.33. The van der Waals surface area contributed by atoms with Crippen LogP contribution in [0.25, 0.3) is 0 Å². The molecule has 7 heteroatoms. The summed E-state index contributed by atoms with van der Waals surface area (Å²) in [7, 11) is 0. The fourth-order valence-electron chi connectivity index (χ4n) is 3.31. The van der Waals surface area contributed by atoms with Gasteiger partial charge in [-0.3, -0.25) is 0 Å². The highest BCUT2D eigenvalue weighted by Crippen LogP contribution is 2.31. The molecule has 2 heterocycles. The Hall–Kier alpha value is -2.83. The third kappa shape index (κ3) is 4.71. The lowest BCUT2D eigenvalue weighted by Gasteiger charge is -2.34. The quantitative estimate of drug-likeness (QED) is 0.866. The number of hydrogen-bond donors (Lipinski definition) is 1. The van der Waals surface area contributed by atoms with Crippen molar-refractivity contribution in [2.24, 2.45) is 0 Å². The molecule has 1 N–H and O–H groups in total. The number of nitrogens with zero attached hydrogens (tertiary/aromatic N) is 4. The summed E-state index contributed by atoms with van der Waals surface area (Å²) in [6, 6.07) is 10.2. The monoisotopic (exact) mass is 383 g/mol. The summed E-state index contributed by atoms with van der Waals surface area (Å²) in [5, 5.41) is 3.44. The van der Waals surface area contributed by atoms with E-state index in [0.717, 1.165) is 17.3 Å². The molecule has 1 fully saturated rings. The highest BCUT2D eigenvalue weighted by molar-refractivity contribution is 5.68. The lowest BCUT2D eigenvalue weighted by molar-refractivity contribution is 0.105. The number of ether oxygens (including phenoxy) is 1. The standard InChI is InChI=1S/C21H29N5O2/c1-5-28-20(27)26-12-10-25(11-13-26)19-14-18(22-15-23-19)24-17-9-7-6-8-16(17)21(2,3)4/h6-9,14-15H,5,10-13H2,1-4H3,(H,22,23,24). The number of para-hydroxylation sites is 1. The molecule has 0 bridgehead atoms. The molecule has 1 aromatic carbocycles. The predicted octanol–water partition coefficient (Wildman–Crippen LogP) is 3.80. The van der Waals surface area contributed by atoms with Crippen molar-refractivity contribution in [1.82, 2.24) is 14.9 Å². The van der Waals surface area contributed by atoms with Crippen LogP contribution < -0.4 is 10.2 Å². The third-order valence-electron chi connectivity index (χ3n) is 4.78. The van der Waals surface area contributed by atoms with Gasteiger partial charge in [-0.25, -0.2) is 14.8 Å². The van der Waals surface area contributed by atoms with E-state index in [1.165, 1.54) is 5.56 Å². The van der Waals surface area contributed by atoms with Crippen molar-refractivity contribution in [3.8, 4) is 0 Å². The van der Waals surface area contributed by atoms with Gasteiger partial charge in [0.1, 0.15) is 18.0 Å². The van der Waals surface area contributed by atoms with Gasteiger partial charge >= 0.3 is 6.09 Å². The number of carbonyl (C=O) groups excluding carboxylic acids is 1. The average molecular weight is 383 g/mol. The van der Waals surface area contributed by atoms with Gasteiger partial charge in [0.15, 0.2) is 0 Å². The first-order valence-corrected chi connectivity index (χ1v) is 9.73. The molecule has 28 heavy (non-hydrogen) atoms. The van der Waals surface area contributed by atoms with E-state index in [1.807, 2.05) is 19.1 Å². The zero-order valence-electron chi connectivity index (χ0n) is 17.1. The minimum absolute atomic E-state index is 0.0306. The fourth-order valence-corrected chi connectivity index (χ4v) is 3.31. The van der Waals surface area contributed by atoms with Crippen LogP contribution in [0.2, 0.25) is 0 Å². The lowest BCUT2D eigenvalue weighted by Crippen LogP contribution is -2.49. The molecule has 0 spiro atoms. The number of carbonyl (C=O) groups is 1. The second kappa shape index (κ2) is 8.46. The van der Waals surface area contributed by atoms with Gasteiger partial charge in [-0.1, -0.05) is 39.0 Å². The lowest BCUT2D eigenvalue weighted by atomic mass is 9.86. The Labute approximate surface area is 166 Å². The normalized spacial score (nSPS) is 14.7. The van der Waals surface area contributed by atoms with Crippen molar-refractivity contribution in [3.63, 3.8) is 0 Å². The summed E-state index contributed by atoms with van der Waals surface area (Å²) in [5.74, 6) is 1.61. The Morgan fingerprint density at radius 3 is 2.54 bits per heavy atom. The molecule has 2 aromatic rings. The number of hydrogen-bond acceptors (Lipinski definition) is 6. The summed E-state index contributed by atoms with van der Waals surface area (Å²) in [6.45, 7) is 11.5. The minimum Gasteiger partial charge on any atom is -0.450 e. The Balaban J connectivity index is 1.70. The van der Waals surface area contributed by atoms with Gasteiger partial charge in [0, 0.05) is 37.9 Å². The molecule has 1 aliphatic rings. The first-order valence-electron chi connectivity index (χ1n) is 9.73. The van der Waals surface area contributed by atoms with E-state index in [0.29, 0.717) is 32.8 Å². The van der Waals surface area contributed by atoms with E-state index in [9.17, 15) is 4.79 Å². The first-order chi connectivity index (χ1) is 13.4. The minimum atomic E-state index is -0.244. The molecule has 1 saturated heterocycles. The Bertz CT molecular complexity index is 810. The van der Waals surface area contributed by atoms with Gasteiger partial charge in [-0.2, -0.15) is 0 Å². The average Bonchev–Trinajstić information content (AvgIpc) is 2.68. The molecule has 0 radical (unpaired) electrons. The smallest absolute Gasteiger partial charge is 0.409 e. The molecule has 3 rings (SSSR count). The number of piperazine rings is 1. The molecule has 0 atom stereocenters. The summed E-state index contributed by atoms with van der Waals surface area (Å²) < 4.78 is 5.08. The van der Waals surface area contributed by atoms with E-state index in [-0.39, 0.29) is 11.5 Å². The molecular formula is C21H29N5O2. The molecule has 1 amide bonds. The van der Waals surface area contributed by atoms with E-state index in [2.05, 4.69) is 59.2 Å². The Morgan fingerprint density at radius 2 is 1.86 bits per heavy atom. The number of nitrogens with one attached hydrogen (secondary N) is 1. The van der Waals surface area contributed by atoms with E-state index < -0.39 is 0 Å². The van der Waals surface area contributed by atoms with Crippen molar-refractivity contribution in [2.45, 2.75) is 33.1 Å². The summed E-state index contributed by atoms with van der Waals surface area (Å²) >= 11 is 0. The van der Waals surface area contributed by atoms with Crippen LogP contribution >= 0.6 is 0 Å². The second-order valence-corrected chi connectivity index (χ2v) is 7.86. The number of aromatic nitrogens is 2.